The number of hydrogen-bond acceptors (Lipinski definition) is 2. The van der Waals surface area contributed by atoms with Crippen LogP contribution in [-0.4, -0.2) is 23.7 Å². The number of rotatable bonds is 7. The highest BCUT2D eigenvalue weighted by molar-refractivity contribution is 6.26. The van der Waals surface area contributed by atoms with Crippen LogP contribution < -0.4 is 0 Å². The molecule has 10 aromatic carbocycles. The van der Waals surface area contributed by atoms with E-state index in [9.17, 15) is 0 Å². The van der Waals surface area contributed by atoms with Crippen LogP contribution in [0.5, 0.6) is 0 Å². The van der Waals surface area contributed by atoms with Crippen molar-refractivity contribution in [2.75, 3.05) is 0 Å². The Bertz CT molecular complexity index is 4180. The lowest BCUT2D eigenvalue weighted by Crippen LogP contribution is -2.01. The first-order valence-electron chi connectivity index (χ1n) is 23.5. The van der Waals surface area contributed by atoms with Crippen LogP contribution in [0.3, 0.4) is 0 Å². The van der Waals surface area contributed by atoms with Gasteiger partial charge >= 0.3 is 0 Å². The Morgan fingerprint density at radius 1 is 0.275 bits per heavy atom. The molecule has 0 aliphatic carbocycles. The number of aromatic nitrogens is 5. The molecule has 69 heavy (non-hydrogen) atoms. The first kappa shape index (κ1) is 38.9. The first-order chi connectivity index (χ1) is 34.2. The summed E-state index contributed by atoms with van der Waals surface area (Å²) in [4.78, 5) is 10.6. The van der Waals surface area contributed by atoms with Gasteiger partial charge in [0.2, 0.25) is 0 Å². The van der Waals surface area contributed by atoms with Gasteiger partial charge in [-0.2, -0.15) is 0 Å². The molecule has 0 unspecified atom stereocenters. The first-order valence-corrected chi connectivity index (χ1v) is 23.5. The molecule has 4 aromatic heterocycles. The Labute approximate surface area is 398 Å². The van der Waals surface area contributed by atoms with E-state index >= 15 is 0 Å². The Balaban J connectivity index is 1.07. The van der Waals surface area contributed by atoms with E-state index in [2.05, 4.69) is 250 Å². The van der Waals surface area contributed by atoms with Gasteiger partial charge in [-0.05, 0) is 84.4 Å². The molecule has 322 valence electrons. The summed E-state index contributed by atoms with van der Waals surface area (Å²) in [5.74, 6) is 0.665. The van der Waals surface area contributed by atoms with E-state index in [-0.39, 0.29) is 0 Å². The van der Waals surface area contributed by atoms with Crippen molar-refractivity contribution in [2.24, 2.45) is 0 Å². The average Bonchev–Trinajstić information content (AvgIpc) is 4.07. The Hall–Kier alpha value is -9.32. The number of fused-ring (bicyclic) bond motifs is 10. The molecule has 0 N–H and O–H groups in total. The van der Waals surface area contributed by atoms with Crippen LogP contribution in [0.2, 0.25) is 0 Å². The third-order valence-corrected chi connectivity index (χ3v) is 13.8. The summed E-state index contributed by atoms with van der Waals surface area (Å²) < 4.78 is 7.32. The standard InChI is InChI=1S/C64H41N5/c1-4-19-42(20-5-1)54-41-55(43-21-6-2-7-22-43)66-64(65-54)45-35-37-60(53(40-45)44-23-18-26-47(39-44)67-56-31-14-10-27-48(56)49-28-11-15-32-57(49)67)69-59-34-17-13-30-52(59)62-61(69)38-36-51-50-29-12-16-33-58(50)68(63(51)62)46-24-8-3-9-25-46/h1-41H. The Morgan fingerprint density at radius 3 is 1.39 bits per heavy atom. The minimum absolute atomic E-state index is 0.665. The van der Waals surface area contributed by atoms with Gasteiger partial charge in [-0.3, -0.25) is 0 Å². The predicted octanol–water partition coefficient (Wildman–Crippen LogP) is 16.4. The van der Waals surface area contributed by atoms with Crippen molar-refractivity contribution in [3.05, 3.63) is 249 Å². The molecule has 0 saturated heterocycles. The van der Waals surface area contributed by atoms with Crippen LogP contribution in [0.25, 0.3) is 128 Å². The molecule has 0 amide bonds. The molecule has 14 aromatic rings. The zero-order valence-corrected chi connectivity index (χ0v) is 37.4. The van der Waals surface area contributed by atoms with E-state index in [1.165, 1.54) is 54.4 Å². The number of para-hydroxylation sites is 5. The van der Waals surface area contributed by atoms with Crippen molar-refractivity contribution in [1.82, 2.24) is 23.7 Å². The highest BCUT2D eigenvalue weighted by Crippen LogP contribution is 2.44. The normalized spacial score (nSPS) is 11.8. The van der Waals surface area contributed by atoms with Crippen LogP contribution in [0, 0.1) is 0 Å². The number of nitrogens with zero attached hydrogens (tertiary/aromatic N) is 5. The van der Waals surface area contributed by atoms with Gasteiger partial charge in [-0.25, -0.2) is 9.97 Å². The minimum Gasteiger partial charge on any atom is -0.309 e. The number of benzene rings is 10. The summed E-state index contributed by atoms with van der Waals surface area (Å²) in [7, 11) is 0. The van der Waals surface area contributed by atoms with Gasteiger partial charge in [0.1, 0.15) is 0 Å². The molecule has 0 aliphatic rings. The largest absolute Gasteiger partial charge is 0.309 e. The van der Waals surface area contributed by atoms with Gasteiger partial charge in [0.25, 0.3) is 0 Å². The average molecular weight is 880 g/mol. The molecule has 0 atom stereocenters. The minimum atomic E-state index is 0.665. The van der Waals surface area contributed by atoms with E-state index in [4.69, 9.17) is 9.97 Å². The molecule has 0 fully saturated rings. The van der Waals surface area contributed by atoms with Crippen LogP contribution in [0.4, 0.5) is 0 Å². The van der Waals surface area contributed by atoms with Crippen molar-refractivity contribution < 1.29 is 0 Å². The zero-order chi connectivity index (χ0) is 45.4. The smallest absolute Gasteiger partial charge is 0.160 e. The lowest BCUT2D eigenvalue weighted by atomic mass is 9.99. The maximum absolute atomic E-state index is 5.32. The molecule has 5 nitrogen and oxygen atoms in total. The van der Waals surface area contributed by atoms with Gasteiger partial charge < -0.3 is 13.7 Å². The molecule has 0 spiro atoms. The van der Waals surface area contributed by atoms with Crippen molar-refractivity contribution in [3.8, 4) is 62.1 Å². The lowest BCUT2D eigenvalue weighted by molar-refractivity contribution is 1.16. The van der Waals surface area contributed by atoms with E-state index in [1.54, 1.807) is 0 Å². The van der Waals surface area contributed by atoms with E-state index in [0.29, 0.717) is 5.82 Å². The third kappa shape index (κ3) is 6.18. The SMILES string of the molecule is c1ccc(-c2cc(-c3ccccc3)nc(-c3ccc(-n4c5ccccc5c5c4ccc4c6ccccc6n(-c6ccccc6)c45)c(-c4cccc(-n5c6ccccc6c6ccccc65)c4)c3)n2)cc1. The van der Waals surface area contributed by atoms with Gasteiger partial charge in [0, 0.05) is 65.9 Å². The summed E-state index contributed by atoms with van der Waals surface area (Å²) in [5, 5.41) is 7.33. The summed E-state index contributed by atoms with van der Waals surface area (Å²) in [6.45, 7) is 0. The van der Waals surface area contributed by atoms with E-state index in [1.807, 2.05) is 12.1 Å². The monoisotopic (exact) mass is 879 g/mol. The molecule has 0 saturated carbocycles. The maximum Gasteiger partial charge on any atom is 0.160 e. The highest BCUT2D eigenvalue weighted by Gasteiger charge is 2.23. The summed E-state index contributed by atoms with van der Waals surface area (Å²) >= 11 is 0. The van der Waals surface area contributed by atoms with E-state index < -0.39 is 0 Å². The second kappa shape index (κ2) is 15.7. The van der Waals surface area contributed by atoms with Gasteiger partial charge in [-0.15, -0.1) is 0 Å². The van der Waals surface area contributed by atoms with Gasteiger partial charge in [0.05, 0.1) is 50.2 Å². The van der Waals surface area contributed by atoms with Crippen LogP contribution >= 0.6 is 0 Å². The molecule has 14 rings (SSSR count). The quantitative estimate of drug-likeness (QED) is 0.160. The molecule has 0 bridgehead atoms. The Morgan fingerprint density at radius 2 is 0.768 bits per heavy atom. The fourth-order valence-corrected chi connectivity index (χ4v) is 10.8. The fraction of sp³-hybridized carbons (Fsp3) is 0. The molecular formula is C64H41N5. The molecule has 0 aliphatic heterocycles. The molecule has 5 heteroatoms. The van der Waals surface area contributed by atoms with Crippen molar-refractivity contribution in [3.63, 3.8) is 0 Å². The second-order valence-corrected chi connectivity index (χ2v) is 17.7. The number of hydrogen-bond donors (Lipinski definition) is 0. The Kier molecular flexibility index (Phi) is 8.83. The fourth-order valence-electron chi connectivity index (χ4n) is 10.8. The van der Waals surface area contributed by atoms with Crippen LogP contribution in [0.15, 0.2) is 249 Å². The zero-order valence-electron chi connectivity index (χ0n) is 37.4. The topological polar surface area (TPSA) is 40.6 Å². The van der Waals surface area contributed by atoms with Gasteiger partial charge in [0.15, 0.2) is 5.82 Å². The van der Waals surface area contributed by atoms with E-state index in [0.717, 1.165) is 67.3 Å². The van der Waals surface area contributed by atoms with Crippen molar-refractivity contribution >= 4 is 65.4 Å². The van der Waals surface area contributed by atoms with Crippen molar-refractivity contribution in [1.29, 1.82) is 0 Å². The summed E-state index contributed by atoms with van der Waals surface area (Å²) in [6, 6.07) is 89.2. The summed E-state index contributed by atoms with van der Waals surface area (Å²) in [6.07, 6.45) is 0. The maximum atomic E-state index is 5.32. The van der Waals surface area contributed by atoms with Gasteiger partial charge in [-0.1, -0.05) is 170 Å². The lowest BCUT2D eigenvalue weighted by Gasteiger charge is -2.17. The van der Waals surface area contributed by atoms with Crippen molar-refractivity contribution in [2.45, 2.75) is 0 Å². The highest BCUT2D eigenvalue weighted by atomic mass is 15.0. The second-order valence-electron chi connectivity index (χ2n) is 17.7. The summed E-state index contributed by atoms with van der Waals surface area (Å²) in [5.41, 5.74) is 17.2. The third-order valence-electron chi connectivity index (χ3n) is 13.8. The molecule has 0 radical (unpaired) electrons. The predicted molar refractivity (Wildman–Crippen MR) is 287 cm³/mol. The molecule has 4 heterocycles. The van der Waals surface area contributed by atoms with Crippen LogP contribution in [0.1, 0.15) is 0 Å². The molecular weight excluding hydrogens is 839 g/mol. The van der Waals surface area contributed by atoms with Crippen LogP contribution in [-0.2, 0) is 0 Å².